The van der Waals surface area contributed by atoms with Crippen molar-refractivity contribution in [1.29, 1.82) is 0 Å². The minimum Gasteiger partial charge on any atom is -0.497 e. The van der Waals surface area contributed by atoms with Crippen molar-refractivity contribution in [3.8, 4) is 11.4 Å². The predicted molar refractivity (Wildman–Crippen MR) is 101 cm³/mol. The van der Waals surface area contributed by atoms with Crippen molar-refractivity contribution in [3.63, 3.8) is 0 Å². The van der Waals surface area contributed by atoms with Crippen molar-refractivity contribution in [1.82, 2.24) is 9.78 Å². The van der Waals surface area contributed by atoms with E-state index in [0.29, 0.717) is 0 Å². The Morgan fingerprint density at radius 2 is 2.00 bits per heavy atom. The molecule has 1 aromatic heterocycles. The van der Waals surface area contributed by atoms with Crippen molar-refractivity contribution >= 4 is 17.4 Å². The van der Waals surface area contributed by atoms with Crippen molar-refractivity contribution < 1.29 is 4.74 Å². The zero-order valence-electron chi connectivity index (χ0n) is 14.3. The molecule has 0 aliphatic carbocycles. The molecule has 2 aromatic carbocycles. The summed E-state index contributed by atoms with van der Waals surface area (Å²) in [5, 5.41) is 9.10. The van der Waals surface area contributed by atoms with E-state index < -0.39 is 0 Å². The molecule has 128 valence electrons. The van der Waals surface area contributed by atoms with Gasteiger partial charge in [-0.3, -0.25) is 0 Å². The molecule has 2 heterocycles. The summed E-state index contributed by atoms with van der Waals surface area (Å²) in [5.74, 6) is 1.96. The van der Waals surface area contributed by atoms with Crippen LogP contribution in [0.1, 0.15) is 22.4 Å². The molecule has 3 aromatic rings. The number of nitrogens with one attached hydrogen (secondary N) is 1. The number of fused-ring (bicyclic) bond motifs is 1. The minimum absolute atomic E-state index is 0.761. The topological polar surface area (TPSA) is 39.1 Å². The minimum atomic E-state index is 0.761. The molecule has 1 aliphatic rings. The van der Waals surface area contributed by atoms with Gasteiger partial charge in [0.1, 0.15) is 11.6 Å². The van der Waals surface area contributed by atoms with Crippen molar-refractivity contribution in [2.24, 2.45) is 0 Å². The third-order valence-corrected chi connectivity index (χ3v) is 5.07. The van der Waals surface area contributed by atoms with Crippen LogP contribution in [0.2, 0.25) is 5.02 Å². The first-order valence-electron chi connectivity index (χ1n) is 8.40. The van der Waals surface area contributed by atoms with Crippen LogP contribution in [0.15, 0.2) is 42.5 Å². The van der Waals surface area contributed by atoms with E-state index in [9.17, 15) is 0 Å². The molecule has 0 saturated heterocycles. The summed E-state index contributed by atoms with van der Waals surface area (Å²) in [4.78, 5) is 0. The highest BCUT2D eigenvalue weighted by molar-refractivity contribution is 6.31. The largest absolute Gasteiger partial charge is 0.497 e. The number of hydrogen-bond acceptors (Lipinski definition) is 3. The van der Waals surface area contributed by atoms with Crippen molar-refractivity contribution in [2.75, 3.05) is 19.0 Å². The van der Waals surface area contributed by atoms with Crippen LogP contribution in [0.25, 0.3) is 5.69 Å². The maximum Gasteiger partial charge on any atom is 0.133 e. The summed E-state index contributed by atoms with van der Waals surface area (Å²) in [7, 11) is 1.68. The summed E-state index contributed by atoms with van der Waals surface area (Å²) in [6.07, 6.45) is 1.81. The standard InChI is InChI=1S/C20H20ClN3O/c1-13-3-6-15(12-18(13)21)24-20-17(9-10-22-20)19(23-24)11-14-4-7-16(25-2)8-5-14/h3-8,12,22H,9-11H2,1-2H3. The second-order valence-corrected chi connectivity index (χ2v) is 6.73. The van der Waals surface area contributed by atoms with Crippen molar-refractivity contribution in [3.05, 3.63) is 69.9 Å². The number of benzene rings is 2. The Hall–Kier alpha value is -2.46. The van der Waals surface area contributed by atoms with Crippen LogP contribution >= 0.6 is 11.6 Å². The quantitative estimate of drug-likeness (QED) is 0.755. The van der Waals surface area contributed by atoms with Gasteiger partial charge in [0, 0.05) is 23.6 Å². The summed E-state index contributed by atoms with van der Waals surface area (Å²) in [6.45, 7) is 2.95. The summed E-state index contributed by atoms with van der Waals surface area (Å²) >= 11 is 6.31. The SMILES string of the molecule is COc1ccc(Cc2nn(-c3ccc(C)c(Cl)c3)c3c2CCN3)cc1. The number of methoxy groups -OCH3 is 1. The van der Waals surface area contributed by atoms with Crippen LogP contribution < -0.4 is 10.1 Å². The molecule has 0 spiro atoms. The third-order valence-electron chi connectivity index (χ3n) is 4.66. The molecule has 0 amide bonds. The fourth-order valence-corrected chi connectivity index (χ4v) is 3.40. The number of rotatable bonds is 4. The third kappa shape index (κ3) is 2.98. The average molecular weight is 354 g/mol. The molecule has 1 N–H and O–H groups in total. The lowest BCUT2D eigenvalue weighted by atomic mass is 10.1. The van der Waals surface area contributed by atoms with E-state index in [4.69, 9.17) is 21.4 Å². The van der Waals surface area contributed by atoms with E-state index in [0.717, 1.165) is 52.9 Å². The molecule has 0 atom stereocenters. The Bertz CT molecular complexity index is 915. The maximum absolute atomic E-state index is 6.31. The number of anilines is 1. The molecule has 0 radical (unpaired) electrons. The number of aromatic nitrogens is 2. The fraction of sp³-hybridized carbons (Fsp3) is 0.250. The van der Waals surface area contributed by atoms with E-state index in [-0.39, 0.29) is 0 Å². The predicted octanol–water partition coefficient (Wildman–Crippen LogP) is 4.40. The number of nitrogens with zero attached hydrogens (tertiary/aromatic N) is 2. The number of hydrogen-bond donors (Lipinski definition) is 1. The monoisotopic (exact) mass is 353 g/mol. The lowest BCUT2D eigenvalue weighted by Crippen LogP contribution is -2.05. The van der Waals surface area contributed by atoms with Gasteiger partial charge in [-0.1, -0.05) is 29.8 Å². The highest BCUT2D eigenvalue weighted by Crippen LogP contribution is 2.31. The number of aryl methyl sites for hydroxylation is 1. The van der Waals surface area contributed by atoms with Crippen molar-refractivity contribution in [2.45, 2.75) is 19.8 Å². The Balaban J connectivity index is 1.70. The molecule has 4 rings (SSSR count). The molecule has 25 heavy (non-hydrogen) atoms. The Labute approximate surface area is 152 Å². The van der Waals surface area contributed by atoms with E-state index in [1.165, 1.54) is 11.1 Å². The zero-order valence-corrected chi connectivity index (χ0v) is 15.1. The molecule has 5 heteroatoms. The maximum atomic E-state index is 6.31. The number of halogens is 1. The van der Waals surface area contributed by atoms with E-state index in [1.54, 1.807) is 7.11 Å². The Morgan fingerprint density at radius 3 is 2.72 bits per heavy atom. The molecule has 0 saturated carbocycles. The lowest BCUT2D eigenvalue weighted by molar-refractivity contribution is 0.414. The molecule has 4 nitrogen and oxygen atoms in total. The van der Waals surface area contributed by atoms with Gasteiger partial charge in [-0.05, 0) is 48.7 Å². The second-order valence-electron chi connectivity index (χ2n) is 6.32. The smallest absolute Gasteiger partial charge is 0.133 e. The Morgan fingerprint density at radius 1 is 1.20 bits per heavy atom. The van der Waals surface area contributed by atoms with Gasteiger partial charge in [-0.25, -0.2) is 4.68 Å². The molecule has 0 bridgehead atoms. The first-order valence-corrected chi connectivity index (χ1v) is 8.77. The number of ether oxygens (including phenoxy) is 1. The zero-order chi connectivity index (χ0) is 17.4. The normalized spacial score (nSPS) is 12.8. The van der Waals surface area contributed by atoms with Gasteiger partial charge in [0.05, 0.1) is 18.5 Å². The van der Waals surface area contributed by atoms with Gasteiger partial charge in [0.2, 0.25) is 0 Å². The van der Waals surface area contributed by atoms with Crippen LogP contribution in [0.4, 0.5) is 5.82 Å². The first-order chi connectivity index (χ1) is 12.2. The Kier molecular flexibility index (Phi) is 4.14. The summed E-state index contributed by atoms with van der Waals surface area (Å²) in [5.41, 5.74) is 5.69. The van der Waals surface area contributed by atoms with Gasteiger partial charge >= 0.3 is 0 Å². The van der Waals surface area contributed by atoms with Crippen LogP contribution in [-0.2, 0) is 12.8 Å². The molecule has 1 aliphatic heterocycles. The van der Waals surface area contributed by atoms with Gasteiger partial charge in [-0.15, -0.1) is 0 Å². The van der Waals surface area contributed by atoms with Crippen LogP contribution in [-0.4, -0.2) is 23.4 Å². The van der Waals surface area contributed by atoms with Crippen LogP contribution in [0, 0.1) is 6.92 Å². The van der Waals surface area contributed by atoms with Gasteiger partial charge in [0.15, 0.2) is 0 Å². The lowest BCUT2D eigenvalue weighted by Gasteiger charge is -2.08. The van der Waals surface area contributed by atoms with Crippen LogP contribution in [0.5, 0.6) is 5.75 Å². The molecule has 0 unspecified atom stereocenters. The van der Waals surface area contributed by atoms with Gasteiger partial charge in [-0.2, -0.15) is 5.10 Å². The highest BCUT2D eigenvalue weighted by Gasteiger charge is 2.23. The fourth-order valence-electron chi connectivity index (χ4n) is 3.22. The van der Waals surface area contributed by atoms with E-state index >= 15 is 0 Å². The van der Waals surface area contributed by atoms with Gasteiger partial charge < -0.3 is 10.1 Å². The average Bonchev–Trinajstić information content (AvgIpc) is 3.22. The van der Waals surface area contributed by atoms with E-state index in [1.807, 2.05) is 35.9 Å². The van der Waals surface area contributed by atoms with Gasteiger partial charge in [0.25, 0.3) is 0 Å². The summed E-state index contributed by atoms with van der Waals surface area (Å²) in [6, 6.07) is 14.2. The molecule has 0 fully saturated rings. The summed E-state index contributed by atoms with van der Waals surface area (Å²) < 4.78 is 7.21. The van der Waals surface area contributed by atoms with Crippen LogP contribution in [0.3, 0.4) is 0 Å². The highest BCUT2D eigenvalue weighted by atomic mass is 35.5. The first kappa shape index (κ1) is 16.0. The van der Waals surface area contributed by atoms with E-state index in [2.05, 4.69) is 23.5 Å². The second kappa shape index (κ2) is 6.45. The molecular weight excluding hydrogens is 334 g/mol. The molecular formula is C20H20ClN3O.